The van der Waals surface area contributed by atoms with Gasteiger partial charge in [0.2, 0.25) is 0 Å². The van der Waals surface area contributed by atoms with E-state index >= 15 is 0 Å². The van der Waals surface area contributed by atoms with E-state index in [-0.39, 0.29) is 0 Å². The second-order valence-electron chi connectivity index (χ2n) is 1.85. The van der Waals surface area contributed by atoms with Crippen molar-refractivity contribution in [3.05, 3.63) is 49.1 Å². The summed E-state index contributed by atoms with van der Waals surface area (Å²) in [5.74, 6) is 0. The first-order valence-corrected chi connectivity index (χ1v) is 3.47. The van der Waals surface area contributed by atoms with Crippen molar-refractivity contribution in [2.75, 3.05) is 0 Å². The van der Waals surface area contributed by atoms with E-state index in [1.807, 2.05) is 31.2 Å². The fraction of sp³-hybridized carbons (Fsp3) is 0.200. The molecule has 0 saturated heterocycles. The topological polar surface area (TPSA) is 0 Å². The molecule has 10 heavy (non-hydrogen) atoms. The van der Waals surface area contributed by atoms with Gasteiger partial charge >= 0.3 is 0 Å². The van der Waals surface area contributed by atoms with Crippen molar-refractivity contribution in [1.29, 1.82) is 0 Å². The van der Waals surface area contributed by atoms with Gasteiger partial charge in [0, 0.05) is 0 Å². The maximum absolute atomic E-state index is 3.56. The molecular formula is C10H14. The fourth-order valence-corrected chi connectivity index (χ4v) is 0.515. The third kappa shape index (κ3) is 6.96. The van der Waals surface area contributed by atoms with Crippen molar-refractivity contribution in [3.63, 3.8) is 0 Å². The summed E-state index contributed by atoms with van der Waals surface area (Å²) >= 11 is 0. The maximum Gasteiger partial charge on any atom is -0.0166 e. The lowest BCUT2D eigenvalue weighted by Gasteiger charge is -1.76. The molecule has 0 rings (SSSR count). The molecule has 54 valence electrons. The molecule has 0 nitrogen and oxygen atoms in total. The first-order chi connectivity index (χ1) is 4.91. The summed E-state index contributed by atoms with van der Waals surface area (Å²) in [4.78, 5) is 0. The van der Waals surface area contributed by atoms with Gasteiger partial charge in [0.1, 0.15) is 0 Å². The van der Waals surface area contributed by atoms with Gasteiger partial charge in [0.15, 0.2) is 0 Å². The predicted octanol–water partition coefficient (Wildman–Crippen LogP) is 3.25. The van der Waals surface area contributed by atoms with E-state index in [1.165, 1.54) is 0 Å². The average Bonchev–Trinajstić information content (AvgIpc) is 1.97. The Balaban J connectivity index is 3.37. The summed E-state index contributed by atoms with van der Waals surface area (Å²) in [5, 5.41) is 0. The van der Waals surface area contributed by atoms with Gasteiger partial charge in [-0.3, -0.25) is 0 Å². The third-order valence-corrected chi connectivity index (χ3v) is 1.00. The van der Waals surface area contributed by atoms with Crippen LogP contribution in [0.15, 0.2) is 49.1 Å². The summed E-state index contributed by atoms with van der Waals surface area (Å²) in [6, 6.07) is 0. The molecule has 0 aromatic rings. The van der Waals surface area contributed by atoms with E-state index in [0.29, 0.717) is 0 Å². The Bertz CT molecular complexity index is 147. The Hall–Kier alpha value is -1.04. The van der Waals surface area contributed by atoms with Crippen molar-refractivity contribution in [3.8, 4) is 0 Å². The van der Waals surface area contributed by atoms with Crippen LogP contribution in [0, 0.1) is 0 Å². The highest BCUT2D eigenvalue weighted by Gasteiger charge is 1.64. The predicted molar refractivity (Wildman–Crippen MR) is 47.9 cm³/mol. The number of hydrogen-bond acceptors (Lipinski definition) is 0. The van der Waals surface area contributed by atoms with Crippen molar-refractivity contribution < 1.29 is 0 Å². The van der Waals surface area contributed by atoms with Gasteiger partial charge in [-0.05, 0) is 13.3 Å². The van der Waals surface area contributed by atoms with E-state index in [4.69, 9.17) is 0 Å². The monoisotopic (exact) mass is 134 g/mol. The van der Waals surface area contributed by atoms with Crippen LogP contribution in [0.5, 0.6) is 0 Å². The quantitative estimate of drug-likeness (QED) is 0.409. The Labute approximate surface area is 63.3 Å². The van der Waals surface area contributed by atoms with Gasteiger partial charge in [-0.1, -0.05) is 49.1 Å². The summed E-state index contributed by atoms with van der Waals surface area (Å²) in [6.45, 7) is 5.58. The first kappa shape index (κ1) is 8.96. The summed E-state index contributed by atoms with van der Waals surface area (Å²) in [6.07, 6.45) is 14.9. The molecule has 0 radical (unpaired) electrons. The lowest BCUT2D eigenvalue weighted by Crippen LogP contribution is -1.55. The highest BCUT2D eigenvalue weighted by Crippen LogP contribution is 1.86. The molecule has 0 heteroatoms. The van der Waals surface area contributed by atoms with E-state index in [0.717, 1.165) is 6.42 Å². The van der Waals surface area contributed by atoms with Crippen molar-refractivity contribution in [2.45, 2.75) is 13.3 Å². The largest absolute Gasteiger partial charge is 0.0991 e. The van der Waals surface area contributed by atoms with E-state index in [1.54, 1.807) is 6.08 Å². The van der Waals surface area contributed by atoms with Gasteiger partial charge in [-0.25, -0.2) is 0 Å². The fourth-order valence-electron chi connectivity index (χ4n) is 0.515. The molecule has 0 aliphatic carbocycles. The zero-order valence-corrected chi connectivity index (χ0v) is 6.46. The zero-order valence-electron chi connectivity index (χ0n) is 6.46. The second kappa shape index (κ2) is 7.96. The molecule has 0 aromatic heterocycles. The van der Waals surface area contributed by atoms with Gasteiger partial charge < -0.3 is 0 Å². The molecule has 0 atom stereocenters. The first-order valence-electron chi connectivity index (χ1n) is 3.47. The average molecular weight is 134 g/mol. The number of rotatable bonds is 4. The maximum atomic E-state index is 3.56. The third-order valence-electron chi connectivity index (χ3n) is 1.00. The Morgan fingerprint density at radius 1 is 1.10 bits per heavy atom. The van der Waals surface area contributed by atoms with Gasteiger partial charge in [-0.2, -0.15) is 0 Å². The van der Waals surface area contributed by atoms with Gasteiger partial charge in [-0.15, -0.1) is 0 Å². The second-order valence-corrected chi connectivity index (χ2v) is 1.85. The van der Waals surface area contributed by atoms with Crippen LogP contribution in [0.2, 0.25) is 0 Å². The van der Waals surface area contributed by atoms with Crippen LogP contribution in [0.4, 0.5) is 0 Å². The Morgan fingerprint density at radius 2 is 1.90 bits per heavy atom. The highest BCUT2D eigenvalue weighted by atomic mass is 13.7. The molecule has 0 aliphatic rings. The highest BCUT2D eigenvalue weighted by molar-refractivity contribution is 5.09. The Kier molecular flexibility index (Phi) is 7.13. The standard InChI is InChI=1S/C10H14/c1-3-5-7-9-10-8-6-4-2/h3-7,9-10H,1,8H2,2H3. The van der Waals surface area contributed by atoms with E-state index < -0.39 is 0 Å². The van der Waals surface area contributed by atoms with Crippen molar-refractivity contribution in [2.24, 2.45) is 0 Å². The minimum absolute atomic E-state index is 1.01. The lowest BCUT2D eigenvalue weighted by molar-refractivity contribution is 1.38. The SMILES string of the molecule is C=CC=CC=CCC=CC. The van der Waals surface area contributed by atoms with Crippen LogP contribution in [0.1, 0.15) is 13.3 Å². The van der Waals surface area contributed by atoms with Crippen LogP contribution in [0.25, 0.3) is 0 Å². The number of allylic oxidation sites excluding steroid dienone is 7. The Morgan fingerprint density at radius 3 is 2.50 bits per heavy atom. The van der Waals surface area contributed by atoms with Crippen molar-refractivity contribution in [1.82, 2.24) is 0 Å². The molecule has 0 fully saturated rings. The normalized spacial score (nSPS) is 12.1. The minimum atomic E-state index is 1.01. The summed E-state index contributed by atoms with van der Waals surface area (Å²) in [7, 11) is 0. The number of hydrogen-bond donors (Lipinski definition) is 0. The van der Waals surface area contributed by atoms with Crippen LogP contribution >= 0.6 is 0 Å². The molecule has 0 heterocycles. The molecule has 0 N–H and O–H groups in total. The van der Waals surface area contributed by atoms with E-state index in [2.05, 4.69) is 18.7 Å². The lowest BCUT2D eigenvalue weighted by atomic mass is 10.3. The molecule has 0 aliphatic heterocycles. The molecule has 0 unspecified atom stereocenters. The molecule has 0 amide bonds. The summed E-state index contributed by atoms with van der Waals surface area (Å²) in [5.41, 5.74) is 0. The molecule has 0 spiro atoms. The van der Waals surface area contributed by atoms with Crippen LogP contribution in [-0.4, -0.2) is 0 Å². The molecule has 0 saturated carbocycles. The summed E-state index contributed by atoms with van der Waals surface area (Å²) < 4.78 is 0. The smallest absolute Gasteiger partial charge is 0.0166 e. The van der Waals surface area contributed by atoms with Crippen LogP contribution in [-0.2, 0) is 0 Å². The van der Waals surface area contributed by atoms with Crippen molar-refractivity contribution >= 4 is 0 Å². The van der Waals surface area contributed by atoms with Crippen LogP contribution in [0.3, 0.4) is 0 Å². The zero-order chi connectivity index (χ0) is 7.66. The molecular weight excluding hydrogens is 120 g/mol. The van der Waals surface area contributed by atoms with E-state index in [9.17, 15) is 0 Å². The van der Waals surface area contributed by atoms with Crippen LogP contribution < -0.4 is 0 Å². The van der Waals surface area contributed by atoms with Gasteiger partial charge in [0.25, 0.3) is 0 Å². The molecule has 0 bridgehead atoms. The minimum Gasteiger partial charge on any atom is -0.0991 e. The van der Waals surface area contributed by atoms with Gasteiger partial charge in [0.05, 0.1) is 0 Å². The molecule has 0 aromatic carbocycles.